The van der Waals surface area contributed by atoms with Gasteiger partial charge in [0.05, 0.1) is 10.8 Å². The number of carbonyl (C=O) groups is 2. The fourth-order valence-corrected chi connectivity index (χ4v) is 3.45. The van der Waals surface area contributed by atoms with Crippen molar-refractivity contribution >= 4 is 21.9 Å². The quantitative estimate of drug-likeness (QED) is 0.798. The average Bonchev–Trinajstić information content (AvgIpc) is 3.29. The molecular formula is C16H22N2O5S. The number of nitrogens with two attached hydrogens (primary N) is 1. The normalized spacial score (nSPS) is 15.8. The number of amides is 1. The van der Waals surface area contributed by atoms with E-state index in [4.69, 9.17) is 10.2 Å². The van der Waals surface area contributed by atoms with Crippen molar-refractivity contribution in [3.05, 3.63) is 28.8 Å². The molecule has 1 aromatic carbocycles. The monoisotopic (exact) mass is 354 g/mol. The highest BCUT2D eigenvalue weighted by Gasteiger charge is 2.35. The van der Waals surface area contributed by atoms with E-state index in [1.807, 2.05) is 0 Å². The zero-order valence-electron chi connectivity index (χ0n) is 13.9. The van der Waals surface area contributed by atoms with Crippen LogP contribution in [0.15, 0.2) is 17.0 Å². The first kappa shape index (κ1) is 18.4. The van der Waals surface area contributed by atoms with E-state index >= 15 is 0 Å². The Labute approximate surface area is 141 Å². The third-order valence-electron chi connectivity index (χ3n) is 4.31. The summed E-state index contributed by atoms with van der Waals surface area (Å²) in [6.07, 6.45) is 1.65. The van der Waals surface area contributed by atoms with Crippen molar-refractivity contribution in [1.29, 1.82) is 0 Å². The van der Waals surface area contributed by atoms with Crippen molar-refractivity contribution in [2.45, 2.75) is 44.6 Å². The molecule has 0 heterocycles. The molecule has 3 N–H and O–H groups in total. The maximum absolute atomic E-state index is 12.8. The van der Waals surface area contributed by atoms with Crippen LogP contribution in [0.4, 0.5) is 0 Å². The minimum atomic E-state index is -3.94. The van der Waals surface area contributed by atoms with E-state index in [1.165, 1.54) is 11.0 Å². The van der Waals surface area contributed by atoms with Crippen molar-refractivity contribution in [3.8, 4) is 0 Å². The van der Waals surface area contributed by atoms with E-state index < -0.39 is 21.9 Å². The van der Waals surface area contributed by atoms with Gasteiger partial charge >= 0.3 is 5.97 Å². The van der Waals surface area contributed by atoms with Gasteiger partial charge in [0.1, 0.15) is 0 Å². The Kier molecular flexibility index (Phi) is 5.00. The topological polar surface area (TPSA) is 118 Å². The minimum Gasteiger partial charge on any atom is -0.481 e. The van der Waals surface area contributed by atoms with Crippen LogP contribution in [-0.4, -0.2) is 42.9 Å². The second-order valence-electron chi connectivity index (χ2n) is 6.39. The molecule has 1 unspecified atom stereocenters. The molecular weight excluding hydrogens is 332 g/mol. The summed E-state index contributed by atoms with van der Waals surface area (Å²) in [6.45, 7) is 4.98. The van der Waals surface area contributed by atoms with Crippen molar-refractivity contribution in [3.63, 3.8) is 0 Å². The first-order valence-electron chi connectivity index (χ1n) is 7.70. The summed E-state index contributed by atoms with van der Waals surface area (Å²) in [6, 6.07) is 2.91. The highest BCUT2D eigenvalue weighted by Crippen LogP contribution is 2.30. The Morgan fingerprint density at radius 1 is 1.33 bits per heavy atom. The van der Waals surface area contributed by atoms with E-state index in [0.717, 1.165) is 12.8 Å². The van der Waals surface area contributed by atoms with E-state index in [-0.39, 0.29) is 29.0 Å². The molecule has 8 heteroatoms. The van der Waals surface area contributed by atoms with Crippen LogP contribution in [0.3, 0.4) is 0 Å². The van der Waals surface area contributed by atoms with E-state index in [2.05, 4.69) is 0 Å². The van der Waals surface area contributed by atoms with Gasteiger partial charge in [-0.3, -0.25) is 9.59 Å². The first-order chi connectivity index (χ1) is 11.0. The van der Waals surface area contributed by atoms with Crippen LogP contribution in [0.1, 0.15) is 41.3 Å². The van der Waals surface area contributed by atoms with Crippen LogP contribution in [0.2, 0.25) is 0 Å². The second-order valence-corrected chi connectivity index (χ2v) is 7.92. The number of carboxylic acids is 1. The number of sulfonamides is 1. The molecule has 0 aliphatic heterocycles. The highest BCUT2D eigenvalue weighted by atomic mass is 32.2. The molecule has 1 saturated carbocycles. The lowest BCUT2D eigenvalue weighted by atomic mass is 10.0. The molecule has 0 radical (unpaired) electrons. The Hall–Kier alpha value is -1.93. The molecule has 7 nitrogen and oxygen atoms in total. The van der Waals surface area contributed by atoms with Gasteiger partial charge in [-0.1, -0.05) is 6.92 Å². The minimum absolute atomic E-state index is 0.0128. The molecule has 1 fully saturated rings. The Morgan fingerprint density at radius 3 is 2.38 bits per heavy atom. The predicted molar refractivity (Wildman–Crippen MR) is 88.1 cm³/mol. The predicted octanol–water partition coefficient (Wildman–Crippen LogP) is 1.28. The summed E-state index contributed by atoms with van der Waals surface area (Å²) in [5.41, 5.74) is 1.37. The molecule has 0 aromatic heterocycles. The van der Waals surface area contributed by atoms with Crippen LogP contribution in [0, 0.1) is 19.8 Å². The number of rotatable bonds is 6. The van der Waals surface area contributed by atoms with E-state index in [0.29, 0.717) is 11.1 Å². The number of aryl methyl sites for hydroxylation is 1. The lowest BCUT2D eigenvalue weighted by Gasteiger charge is -2.25. The number of nitrogens with zero attached hydrogens (tertiary/aromatic N) is 1. The van der Waals surface area contributed by atoms with Crippen LogP contribution >= 0.6 is 0 Å². The van der Waals surface area contributed by atoms with Gasteiger partial charge in [0, 0.05) is 18.2 Å². The summed E-state index contributed by atoms with van der Waals surface area (Å²) < 4.78 is 23.5. The van der Waals surface area contributed by atoms with Crippen molar-refractivity contribution in [1.82, 2.24) is 4.90 Å². The second kappa shape index (κ2) is 6.52. The van der Waals surface area contributed by atoms with Gasteiger partial charge in [-0.2, -0.15) is 0 Å². The molecule has 1 aromatic rings. The van der Waals surface area contributed by atoms with Crippen LogP contribution in [0.25, 0.3) is 0 Å². The maximum atomic E-state index is 12.8. The number of hydrogen-bond donors (Lipinski definition) is 2. The van der Waals surface area contributed by atoms with E-state index in [1.54, 1.807) is 26.8 Å². The van der Waals surface area contributed by atoms with Gasteiger partial charge in [0.2, 0.25) is 10.0 Å². The SMILES string of the molecule is Cc1cc(C(=O)N(CC(C)C(=O)O)C2CC2)cc(S(N)(=O)=O)c1C. The molecule has 0 saturated heterocycles. The zero-order valence-corrected chi connectivity index (χ0v) is 14.8. The first-order valence-corrected chi connectivity index (χ1v) is 9.24. The van der Waals surface area contributed by atoms with Gasteiger partial charge in [-0.25, -0.2) is 13.6 Å². The maximum Gasteiger partial charge on any atom is 0.308 e. The third-order valence-corrected chi connectivity index (χ3v) is 5.35. The average molecular weight is 354 g/mol. The smallest absolute Gasteiger partial charge is 0.308 e. The number of hydrogen-bond acceptors (Lipinski definition) is 4. The number of carboxylic acid groups (broad SMARTS) is 1. The molecule has 0 spiro atoms. The molecule has 0 bridgehead atoms. The summed E-state index contributed by atoms with van der Waals surface area (Å²) >= 11 is 0. The molecule has 1 atom stereocenters. The fraction of sp³-hybridized carbons (Fsp3) is 0.500. The van der Waals surface area contributed by atoms with Gasteiger partial charge in [-0.05, 0) is 49.9 Å². The highest BCUT2D eigenvalue weighted by molar-refractivity contribution is 7.89. The number of benzene rings is 1. The molecule has 2 rings (SSSR count). The Morgan fingerprint density at radius 2 is 1.92 bits per heavy atom. The van der Waals surface area contributed by atoms with E-state index in [9.17, 15) is 18.0 Å². The largest absolute Gasteiger partial charge is 0.481 e. The van der Waals surface area contributed by atoms with Crippen molar-refractivity contribution in [2.24, 2.45) is 11.1 Å². The fourth-order valence-electron chi connectivity index (χ4n) is 2.57. The lowest BCUT2D eigenvalue weighted by molar-refractivity contribution is -0.141. The zero-order chi connectivity index (χ0) is 18.2. The van der Waals surface area contributed by atoms with Crippen LogP contribution in [-0.2, 0) is 14.8 Å². The molecule has 1 amide bonds. The summed E-state index contributed by atoms with van der Waals surface area (Å²) in [5, 5.41) is 14.3. The molecule has 1 aliphatic rings. The number of primary sulfonamides is 1. The van der Waals surface area contributed by atoms with Gasteiger partial charge < -0.3 is 10.0 Å². The lowest BCUT2D eigenvalue weighted by Crippen LogP contribution is -2.38. The van der Waals surface area contributed by atoms with Gasteiger partial charge in [-0.15, -0.1) is 0 Å². The summed E-state index contributed by atoms with van der Waals surface area (Å²) in [7, 11) is -3.94. The standard InChI is InChI=1S/C16H22N2O5S/c1-9-6-12(7-14(11(9)3)24(17,22)23)15(19)18(13-4-5-13)8-10(2)16(20)21/h6-7,10,13H,4-5,8H2,1-3H3,(H,20,21)(H2,17,22,23). The summed E-state index contributed by atoms with van der Waals surface area (Å²) in [5.74, 6) is -2.03. The molecule has 24 heavy (non-hydrogen) atoms. The number of carbonyl (C=O) groups excluding carboxylic acids is 1. The summed E-state index contributed by atoms with van der Waals surface area (Å²) in [4.78, 5) is 25.4. The molecule has 132 valence electrons. The Balaban J connectivity index is 2.40. The van der Waals surface area contributed by atoms with Crippen LogP contribution in [0.5, 0.6) is 0 Å². The Bertz CT molecular complexity index is 784. The molecule has 1 aliphatic carbocycles. The van der Waals surface area contributed by atoms with Gasteiger partial charge in [0.25, 0.3) is 5.91 Å². The third kappa shape index (κ3) is 3.93. The van der Waals surface area contributed by atoms with Crippen LogP contribution < -0.4 is 5.14 Å². The number of aliphatic carboxylic acids is 1. The van der Waals surface area contributed by atoms with Crippen molar-refractivity contribution < 1.29 is 23.1 Å². The van der Waals surface area contributed by atoms with Gasteiger partial charge in [0.15, 0.2) is 0 Å². The van der Waals surface area contributed by atoms with Crippen molar-refractivity contribution in [2.75, 3.05) is 6.54 Å².